The van der Waals surface area contributed by atoms with Crippen molar-refractivity contribution in [2.45, 2.75) is 13.0 Å². The van der Waals surface area contributed by atoms with Crippen molar-refractivity contribution < 1.29 is 9.90 Å². The number of phenolic OH excluding ortho intramolecular Hbond substituents is 1. The van der Waals surface area contributed by atoms with Gasteiger partial charge in [-0.25, -0.2) is 4.79 Å². The van der Waals surface area contributed by atoms with E-state index < -0.39 is 0 Å². The molecule has 146 valence electrons. The molecule has 1 atom stereocenters. The van der Waals surface area contributed by atoms with Gasteiger partial charge in [0.15, 0.2) is 0 Å². The first-order valence-electron chi connectivity index (χ1n) is 9.31. The predicted molar refractivity (Wildman–Crippen MR) is 109 cm³/mol. The summed E-state index contributed by atoms with van der Waals surface area (Å²) in [7, 11) is 0. The van der Waals surface area contributed by atoms with Gasteiger partial charge in [0.1, 0.15) is 5.75 Å². The first-order chi connectivity index (χ1) is 13.5. The van der Waals surface area contributed by atoms with E-state index in [1.807, 2.05) is 25.1 Å². The fourth-order valence-electron chi connectivity index (χ4n) is 3.60. The Morgan fingerprint density at radius 1 is 1.07 bits per heavy atom. The maximum Gasteiger partial charge on any atom is 0.323 e. The van der Waals surface area contributed by atoms with Crippen molar-refractivity contribution in [3.05, 3.63) is 52.9 Å². The molecule has 1 aliphatic heterocycles. The highest BCUT2D eigenvalue weighted by atomic mass is 16.3. The molecule has 0 bridgehead atoms. The second-order valence-corrected chi connectivity index (χ2v) is 7.02. The van der Waals surface area contributed by atoms with Crippen LogP contribution >= 0.6 is 0 Å². The monoisotopic (exact) mass is 381 g/mol. The molecule has 1 aromatic heterocycles. The molecule has 1 unspecified atom stereocenters. The van der Waals surface area contributed by atoms with Crippen molar-refractivity contribution in [3.8, 4) is 5.75 Å². The molecule has 4 rings (SSSR count). The standard InChI is InChI=1S/C20H23N5O3/c1-13(19(27)21-14-6-7-15-16(12-14)23-20(28)22-15)24-8-10-25(11-9-24)17-4-2-3-5-18(17)26/h2-7,12-13,26H,8-11H2,1H3,(H,21,27)(H2,22,23,28). The molecule has 0 saturated carbocycles. The molecule has 4 N–H and O–H groups in total. The van der Waals surface area contributed by atoms with Crippen LogP contribution in [0.25, 0.3) is 11.0 Å². The van der Waals surface area contributed by atoms with E-state index in [9.17, 15) is 14.7 Å². The molecule has 28 heavy (non-hydrogen) atoms. The third-order valence-electron chi connectivity index (χ3n) is 5.25. The van der Waals surface area contributed by atoms with Crippen LogP contribution in [0.1, 0.15) is 6.92 Å². The number of nitrogens with one attached hydrogen (secondary N) is 3. The number of aromatic hydroxyl groups is 1. The van der Waals surface area contributed by atoms with Crippen molar-refractivity contribution in [2.75, 3.05) is 36.4 Å². The normalized spacial score (nSPS) is 16.2. The molecule has 8 heteroatoms. The van der Waals surface area contributed by atoms with Gasteiger partial charge >= 0.3 is 5.69 Å². The lowest BCUT2D eigenvalue weighted by Crippen LogP contribution is -2.52. The van der Waals surface area contributed by atoms with Gasteiger partial charge in [0.05, 0.1) is 22.8 Å². The van der Waals surface area contributed by atoms with Crippen LogP contribution in [0, 0.1) is 0 Å². The number of imidazole rings is 1. The summed E-state index contributed by atoms with van der Waals surface area (Å²) < 4.78 is 0. The molecule has 1 fully saturated rings. The van der Waals surface area contributed by atoms with Gasteiger partial charge in [-0.05, 0) is 37.3 Å². The van der Waals surface area contributed by atoms with Gasteiger partial charge in [0.25, 0.3) is 0 Å². The highest BCUT2D eigenvalue weighted by Crippen LogP contribution is 2.27. The summed E-state index contributed by atoms with van der Waals surface area (Å²) in [5.74, 6) is 0.188. The number of rotatable bonds is 4. The van der Waals surface area contributed by atoms with Crippen molar-refractivity contribution in [2.24, 2.45) is 0 Å². The number of aromatic amines is 2. The van der Waals surface area contributed by atoms with Crippen molar-refractivity contribution in [1.82, 2.24) is 14.9 Å². The van der Waals surface area contributed by atoms with Gasteiger partial charge in [-0.15, -0.1) is 0 Å². The quantitative estimate of drug-likeness (QED) is 0.551. The Kier molecular flexibility index (Phi) is 4.79. The molecule has 0 aliphatic carbocycles. The highest BCUT2D eigenvalue weighted by Gasteiger charge is 2.26. The number of H-pyrrole nitrogens is 2. The molecule has 8 nitrogen and oxygen atoms in total. The highest BCUT2D eigenvalue weighted by molar-refractivity contribution is 5.96. The van der Waals surface area contributed by atoms with Gasteiger partial charge in [-0.3, -0.25) is 9.69 Å². The number of aromatic nitrogens is 2. The lowest BCUT2D eigenvalue weighted by molar-refractivity contribution is -0.120. The number of carbonyl (C=O) groups is 1. The van der Waals surface area contributed by atoms with Gasteiger partial charge in [0.2, 0.25) is 5.91 Å². The topological polar surface area (TPSA) is 104 Å². The predicted octanol–water partition coefficient (Wildman–Crippen LogP) is 1.71. The van der Waals surface area contributed by atoms with Crippen LogP contribution in [0.15, 0.2) is 47.3 Å². The van der Waals surface area contributed by atoms with Crippen LogP contribution in [0.3, 0.4) is 0 Å². The molecule has 0 spiro atoms. The Balaban J connectivity index is 1.37. The first-order valence-corrected chi connectivity index (χ1v) is 9.31. The van der Waals surface area contributed by atoms with Gasteiger partial charge in [-0.2, -0.15) is 0 Å². The first kappa shape index (κ1) is 18.1. The number of phenols is 1. The summed E-state index contributed by atoms with van der Waals surface area (Å²) in [5.41, 5.74) is 2.57. The van der Waals surface area contributed by atoms with Crippen molar-refractivity contribution in [3.63, 3.8) is 0 Å². The van der Waals surface area contributed by atoms with E-state index in [0.717, 1.165) is 31.9 Å². The molecule has 3 aromatic rings. The molecular formula is C20H23N5O3. The minimum Gasteiger partial charge on any atom is -0.506 e. The van der Waals surface area contributed by atoms with Crippen LogP contribution < -0.4 is 15.9 Å². The number of carbonyl (C=O) groups excluding carboxylic acids is 1. The summed E-state index contributed by atoms with van der Waals surface area (Å²) in [6.07, 6.45) is 0. The Morgan fingerprint density at radius 3 is 2.54 bits per heavy atom. The Labute approximate surface area is 161 Å². The SMILES string of the molecule is CC(C(=O)Nc1ccc2[nH]c(=O)[nH]c2c1)N1CCN(c2ccccc2O)CC1. The number of nitrogens with zero attached hydrogens (tertiary/aromatic N) is 2. The number of fused-ring (bicyclic) bond motifs is 1. The maximum atomic E-state index is 12.7. The van der Waals surface area contributed by atoms with Crippen molar-refractivity contribution >= 4 is 28.3 Å². The van der Waals surface area contributed by atoms with Gasteiger partial charge < -0.3 is 25.3 Å². The molecule has 1 saturated heterocycles. The van der Waals surface area contributed by atoms with Crippen molar-refractivity contribution in [1.29, 1.82) is 0 Å². The third-order valence-corrected chi connectivity index (χ3v) is 5.25. The van der Waals surface area contributed by atoms with Gasteiger partial charge in [-0.1, -0.05) is 12.1 Å². The number of amides is 1. The summed E-state index contributed by atoms with van der Waals surface area (Å²) in [6, 6.07) is 12.3. The minimum absolute atomic E-state index is 0.0896. The maximum absolute atomic E-state index is 12.7. The molecule has 2 heterocycles. The molecule has 1 aliphatic rings. The second-order valence-electron chi connectivity index (χ2n) is 7.02. The number of hydrogen-bond donors (Lipinski definition) is 4. The van der Waals surface area contributed by atoms with Crippen LogP contribution in [-0.4, -0.2) is 58.1 Å². The number of anilines is 2. The van der Waals surface area contributed by atoms with E-state index in [0.29, 0.717) is 16.7 Å². The fraction of sp³-hybridized carbons (Fsp3) is 0.300. The Hall–Kier alpha value is -3.26. The van der Waals surface area contributed by atoms with Crippen LogP contribution in [0.2, 0.25) is 0 Å². The number of piperazine rings is 1. The van der Waals surface area contributed by atoms with Gasteiger partial charge in [0, 0.05) is 31.9 Å². The summed E-state index contributed by atoms with van der Waals surface area (Å²) in [4.78, 5) is 33.7. The molecule has 0 radical (unpaired) electrons. The lowest BCUT2D eigenvalue weighted by Gasteiger charge is -2.38. The summed E-state index contributed by atoms with van der Waals surface area (Å²) in [5, 5.41) is 12.9. The average molecular weight is 381 g/mol. The van der Waals surface area contributed by atoms with E-state index in [2.05, 4.69) is 25.1 Å². The zero-order valence-corrected chi connectivity index (χ0v) is 15.6. The van der Waals surface area contributed by atoms with E-state index in [1.165, 1.54) is 0 Å². The van der Waals surface area contributed by atoms with E-state index in [-0.39, 0.29) is 23.4 Å². The Bertz CT molecular complexity index is 1050. The largest absolute Gasteiger partial charge is 0.506 e. The van der Waals surface area contributed by atoms with E-state index in [4.69, 9.17) is 0 Å². The number of para-hydroxylation sites is 2. The van der Waals surface area contributed by atoms with E-state index in [1.54, 1.807) is 24.3 Å². The van der Waals surface area contributed by atoms with Crippen LogP contribution in [0.4, 0.5) is 11.4 Å². The lowest BCUT2D eigenvalue weighted by atomic mass is 10.2. The van der Waals surface area contributed by atoms with Crippen LogP contribution in [-0.2, 0) is 4.79 Å². The zero-order valence-electron chi connectivity index (χ0n) is 15.6. The minimum atomic E-state index is -0.285. The molecule has 2 aromatic carbocycles. The number of benzene rings is 2. The summed E-state index contributed by atoms with van der Waals surface area (Å²) >= 11 is 0. The summed E-state index contributed by atoms with van der Waals surface area (Å²) in [6.45, 7) is 4.83. The average Bonchev–Trinajstić information content (AvgIpc) is 3.07. The Morgan fingerprint density at radius 2 is 1.79 bits per heavy atom. The van der Waals surface area contributed by atoms with Crippen LogP contribution in [0.5, 0.6) is 5.75 Å². The third kappa shape index (κ3) is 3.59. The molecular weight excluding hydrogens is 358 g/mol. The van der Waals surface area contributed by atoms with E-state index >= 15 is 0 Å². The number of hydrogen-bond acceptors (Lipinski definition) is 5. The fourth-order valence-corrected chi connectivity index (χ4v) is 3.60. The smallest absolute Gasteiger partial charge is 0.323 e. The second kappa shape index (κ2) is 7.40. The zero-order chi connectivity index (χ0) is 19.7. The molecule has 1 amide bonds.